The van der Waals surface area contributed by atoms with Gasteiger partial charge >= 0.3 is 0 Å². The number of hydrogen-bond donors (Lipinski definition) is 1. The number of aliphatic hydroxyl groups excluding tert-OH is 1. The quantitative estimate of drug-likeness (QED) is 0.893. The van der Waals surface area contributed by atoms with Gasteiger partial charge in [0.25, 0.3) is 0 Å². The van der Waals surface area contributed by atoms with Crippen LogP contribution in [-0.4, -0.2) is 27.6 Å². The van der Waals surface area contributed by atoms with E-state index >= 15 is 0 Å². The van der Waals surface area contributed by atoms with Gasteiger partial charge in [0.15, 0.2) is 0 Å². The summed E-state index contributed by atoms with van der Waals surface area (Å²) < 4.78 is 8.43. The lowest BCUT2D eigenvalue weighted by Gasteiger charge is -2.34. The van der Waals surface area contributed by atoms with Gasteiger partial charge < -0.3 is 9.84 Å². The average molecular weight is 333 g/mol. The second-order valence-electron chi connectivity index (χ2n) is 6.10. The zero-order valence-corrected chi connectivity index (χ0v) is 14.2. The van der Waals surface area contributed by atoms with Crippen molar-refractivity contribution in [1.82, 2.24) is 9.78 Å². The van der Waals surface area contributed by atoms with Crippen LogP contribution < -0.4 is 0 Å². The fraction of sp³-hybridized carbons (Fsp3) is 0.786. The Kier molecular flexibility index (Phi) is 5.59. The number of hydrogen-bond acceptors (Lipinski definition) is 3. The number of ether oxygens (including phenoxy) is 1. The molecule has 0 aliphatic carbocycles. The molecule has 1 N–H and O–H groups in total. The molecule has 2 unspecified atom stereocenters. The minimum atomic E-state index is -0.709. The molecular weight excluding hydrogens is 308 g/mol. The molecule has 0 fully saturated rings. The van der Waals surface area contributed by atoms with Gasteiger partial charge in [-0.15, -0.1) is 0 Å². The zero-order chi connectivity index (χ0) is 14.8. The first-order valence-corrected chi connectivity index (χ1v) is 7.52. The second-order valence-corrected chi connectivity index (χ2v) is 6.96. The molecule has 5 heteroatoms. The van der Waals surface area contributed by atoms with Crippen molar-refractivity contribution in [2.45, 2.75) is 59.8 Å². The van der Waals surface area contributed by atoms with Crippen molar-refractivity contribution in [3.05, 3.63) is 16.4 Å². The Morgan fingerprint density at radius 3 is 2.42 bits per heavy atom. The monoisotopic (exact) mass is 332 g/mol. The van der Waals surface area contributed by atoms with E-state index in [0.717, 1.165) is 10.2 Å². The van der Waals surface area contributed by atoms with Crippen LogP contribution in [0.15, 0.2) is 10.7 Å². The van der Waals surface area contributed by atoms with Crippen molar-refractivity contribution in [1.29, 1.82) is 0 Å². The van der Waals surface area contributed by atoms with Gasteiger partial charge in [-0.2, -0.15) is 5.10 Å². The fourth-order valence-electron chi connectivity index (χ4n) is 2.18. The third-order valence-electron chi connectivity index (χ3n) is 3.04. The molecule has 0 bridgehead atoms. The Hall–Kier alpha value is -0.390. The van der Waals surface area contributed by atoms with E-state index in [0.29, 0.717) is 6.61 Å². The molecule has 1 heterocycles. The van der Waals surface area contributed by atoms with Crippen LogP contribution in [0, 0.1) is 5.41 Å². The maximum Gasteiger partial charge on any atom is 0.123 e. The highest BCUT2D eigenvalue weighted by Gasteiger charge is 2.36. The molecule has 1 rings (SSSR count). The van der Waals surface area contributed by atoms with E-state index < -0.39 is 6.10 Å². The van der Waals surface area contributed by atoms with Gasteiger partial charge in [0, 0.05) is 12.6 Å². The SMILES string of the molecule is CCOC(C(O)c1c(Br)cnn1C(C)C)C(C)(C)C. The highest BCUT2D eigenvalue weighted by atomic mass is 79.9. The van der Waals surface area contributed by atoms with E-state index in [2.05, 4.69) is 41.8 Å². The van der Waals surface area contributed by atoms with Gasteiger partial charge in [0.2, 0.25) is 0 Å². The maximum atomic E-state index is 10.7. The lowest BCUT2D eigenvalue weighted by Crippen LogP contribution is -2.36. The van der Waals surface area contributed by atoms with E-state index in [1.807, 2.05) is 25.5 Å². The van der Waals surface area contributed by atoms with Gasteiger partial charge in [0.05, 0.1) is 22.5 Å². The Balaban J connectivity index is 3.16. The van der Waals surface area contributed by atoms with Gasteiger partial charge in [-0.1, -0.05) is 20.8 Å². The normalized spacial score (nSPS) is 15.8. The van der Waals surface area contributed by atoms with E-state index in [1.165, 1.54) is 0 Å². The predicted molar refractivity (Wildman–Crippen MR) is 80.1 cm³/mol. The standard InChI is InChI=1S/C14H25BrN2O2/c1-7-19-13(14(4,5)6)12(18)11-10(15)8-16-17(11)9(2)3/h8-9,12-13,18H,7H2,1-6H3. The summed E-state index contributed by atoms with van der Waals surface area (Å²) in [5, 5.41) is 15.0. The molecule has 1 aromatic rings. The van der Waals surface area contributed by atoms with Crippen LogP contribution in [0.4, 0.5) is 0 Å². The lowest BCUT2D eigenvalue weighted by atomic mass is 9.84. The number of rotatable bonds is 5. The Bertz CT molecular complexity index is 410. The van der Waals surface area contributed by atoms with Crippen LogP contribution in [0.3, 0.4) is 0 Å². The molecule has 2 atom stereocenters. The number of aromatic nitrogens is 2. The molecule has 0 saturated carbocycles. The largest absolute Gasteiger partial charge is 0.384 e. The molecule has 19 heavy (non-hydrogen) atoms. The zero-order valence-electron chi connectivity index (χ0n) is 12.6. The van der Waals surface area contributed by atoms with Crippen molar-refractivity contribution >= 4 is 15.9 Å². The molecule has 0 radical (unpaired) electrons. The first-order valence-electron chi connectivity index (χ1n) is 6.72. The number of nitrogens with zero attached hydrogens (tertiary/aromatic N) is 2. The van der Waals surface area contributed by atoms with Crippen molar-refractivity contribution in [3.8, 4) is 0 Å². The van der Waals surface area contributed by atoms with Gasteiger partial charge in [0.1, 0.15) is 6.10 Å². The summed E-state index contributed by atoms with van der Waals surface area (Å²) in [5.41, 5.74) is 0.629. The lowest BCUT2D eigenvalue weighted by molar-refractivity contribution is -0.0930. The first-order chi connectivity index (χ1) is 8.70. The number of halogens is 1. The van der Waals surface area contributed by atoms with Crippen molar-refractivity contribution in [2.75, 3.05) is 6.61 Å². The Morgan fingerprint density at radius 2 is 2.00 bits per heavy atom. The first kappa shape index (κ1) is 16.7. The van der Waals surface area contributed by atoms with E-state index in [-0.39, 0.29) is 17.6 Å². The van der Waals surface area contributed by atoms with Crippen molar-refractivity contribution in [3.63, 3.8) is 0 Å². The summed E-state index contributed by atoms with van der Waals surface area (Å²) >= 11 is 3.47. The van der Waals surface area contributed by atoms with E-state index in [1.54, 1.807) is 6.20 Å². The second kappa shape index (κ2) is 6.37. The average Bonchev–Trinajstić information content (AvgIpc) is 2.65. The van der Waals surface area contributed by atoms with Crippen LogP contribution in [0.2, 0.25) is 0 Å². The van der Waals surface area contributed by atoms with Crippen LogP contribution in [0.1, 0.15) is 59.4 Å². The van der Waals surface area contributed by atoms with Crippen LogP contribution in [0.25, 0.3) is 0 Å². The summed E-state index contributed by atoms with van der Waals surface area (Å²) in [4.78, 5) is 0. The van der Waals surface area contributed by atoms with E-state index in [9.17, 15) is 5.11 Å². The molecule has 0 aliphatic heterocycles. The molecule has 4 nitrogen and oxygen atoms in total. The Morgan fingerprint density at radius 1 is 1.42 bits per heavy atom. The van der Waals surface area contributed by atoms with Gasteiger partial charge in [-0.05, 0) is 42.1 Å². The molecule has 0 aliphatic rings. The molecule has 1 aromatic heterocycles. The molecular formula is C14H25BrN2O2. The predicted octanol–water partition coefficient (Wildman–Crippen LogP) is 3.71. The smallest absolute Gasteiger partial charge is 0.123 e. The van der Waals surface area contributed by atoms with E-state index in [4.69, 9.17) is 4.74 Å². The molecule has 0 amide bonds. The number of aliphatic hydroxyl groups is 1. The van der Waals surface area contributed by atoms with Crippen molar-refractivity contribution in [2.24, 2.45) is 5.41 Å². The third kappa shape index (κ3) is 3.80. The van der Waals surface area contributed by atoms with Crippen LogP contribution >= 0.6 is 15.9 Å². The minimum absolute atomic E-state index is 0.152. The molecule has 110 valence electrons. The Labute approximate surface area is 124 Å². The summed E-state index contributed by atoms with van der Waals surface area (Å²) in [5.74, 6) is 0. The summed E-state index contributed by atoms with van der Waals surface area (Å²) in [6, 6.07) is 0.193. The fourth-order valence-corrected chi connectivity index (χ4v) is 2.68. The minimum Gasteiger partial charge on any atom is -0.384 e. The summed E-state index contributed by atoms with van der Waals surface area (Å²) in [6.07, 6.45) is 0.742. The van der Waals surface area contributed by atoms with Crippen LogP contribution in [0.5, 0.6) is 0 Å². The third-order valence-corrected chi connectivity index (χ3v) is 3.65. The molecule has 0 aromatic carbocycles. The highest BCUT2D eigenvalue weighted by Crippen LogP contribution is 2.36. The summed E-state index contributed by atoms with van der Waals surface area (Å²) in [6.45, 7) is 12.8. The molecule has 0 spiro atoms. The van der Waals surface area contributed by atoms with Gasteiger partial charge in [-0.25, -0.2) is 0 Å². The van der Waals surface area contributed by atoms with Gasteiger partial charge in [-0.3, -0.25) is 4.68 Å². The topological polar surface area (TPSA) is 47.3 Å². The summed E-state index contributed by atoms with van der Waals surface area (Å²) in [7, 11) is 0. The highest BCUT2D eigenvalue weighted by molar-refractivity contribution is 9.10. The maximum absolute atomic E-state index is 10.7. The van der Waals surface area contributed by atoms with Crippen LogP contribution in [-0.2, 0) is 4.74 Å². The van der Waals surface area contributed by atoms with Crippen molar-refractivity contribution < 1.29 is 9.84 Å². The molecule has 0 saturated heterocycles.